The lowest BCUT2D eigenvalue weighted by Gasteiger charge is -2.16. The molecule has 1 unspecified atom stereocenters. The molecule has 0 aliphatic rings. The van der Waals surface area contributed by atoms with Gasteiger partial charge in [0.1, 0.15) is 0 Å². The number of amides is 2. The van der Waals surface area contributed by atoms with Gasteiger partial charge in [-0.15, -0.1) is 11.8 Å². The second-order valence-electron chi connectivity index (χ2n) is 7.34. The number of hydrogen-bond acceptors (Lipinski definition) is 3. The fourth-order valence-electron chi connectivity index (χ4n) is 3.07. The van der Waals surface area contributed by atoms with Crippen LogP contribution in [0.4, 0.5) is 11.4 Å². The Labute approximate surface area is 202 Å². The monoisotopic (exact) mass is 486 g/mol. The predicted octanol–water partition coefficient (Wildman–Crippen LogP) is 6.99. The van der Waals surface area contributed by atoms with Crippen LogP contribution in [0.2, 0.25) is 10.0 Å². The highest BCUT2D eigenvalue weighted by molar-refractivity contribution is 8.00. The van der Waals surface area contributed by atoms with E-state index in [4.69, 9.17) is 23.2 Å². The third kappa shape index (κ3) is 7.02. The van der Waals surface area contributed by atoms with Crippen molar-refractivity contribution in [2.75, 3.05) is 10.6 Å². The zero-order chi connectivity index (χ0) is 23.1. The van der Waals surface area contributed by atoms with Crippen molar-refractivity contribution in [3.63, 3.8) is 0 Å². The van der Waals surface area contributed by atoms with Gasteiger partial charge in [-0.25, -0.2) is 0 Å². The molecule has 0 heterocycles. The highest BCUT2D eigenvalue weighted by Crippen LogP contribution is 2.29. The molecule has 0 aromatic heterocycles. The Kier molecular flexibility index (Phi) is 8.62. The van der Waals surface area contributed by atoms with Gasteiger partial charge in [-0.05, 0) is 66.9 Å². The molecule has 32 heavy (non-hydrogen) atoms. The lowest BCUT2D eigenvalue weighted by molar-refractivity contribution is -0.116. The lowest BCUT2D eigenvalue weighted by atomic mass is 10.1. The minimum Gasteiger partial charge on any atom is -0.326 e. The number of hydrogen-bond donors (Lipinski definition) is 2. The molecular weight excluding hydrogens is 463 g/mol. The molecule has 0 radical (unpaired) electrons. The van der Waals surface area contributed by atoms with Gasteiger partial charge < -0.3 is 10.6 Å². The smallest absolute Gasteiger partial charge is 0.237 e. The summed E-state index contributed by atoms with van der Waals surface area (Å²) in [7, 11) is 0. The van der Waals surface area contributed by atoms with Crippen LogP contribution in [0.3, 0.4) is 0 Å². The normalized spacial score (nSPS) is 11.6. The van der Waals surface area contributed by atoms with Crippen molar-refractivity contribution in [1.82, 2.24) is 0 Å². The van der Waals surface area contributed by atoms with Crippen molar-refractivity contribution < 1.29 is 9.59 Å². The summed E-state index contributed by atoms with van der Waals surface area (Å²) in [6.45, 7) is 3.90. The third-order valence-corrected chi connectivity index (χ3v) is 6.64. The molecule has 0 saturated heterocycles. The SMILES string of the molecule is CCC(Sc1cccc(NC(=O)Cc2ccc(Cl)cc2)c1)C(=O)Nc1cc(Cl)ccc1C. The topological polar surface area (TPSA) is 58.2 Å². The summed E-state index contributed by atoms with van der Waals surface area (Å²) < 4.78 is 0. The maximum absolute atomic E-state index is 12.8. The number of benzene rings is 3. The molecule has 0 spiro atoms. The standard InChI is InChI=1S/C25H24Cl2N2O2S/c1-3-23(25(31)29-22-14-19(27)10-7-16(22)2)32-21-6-4-5-20(15-21)28-24(30)13-17-8-11-18(26)12-9-17/h4-12,14-15,23H,3,13H2,1-2H3,(H,28,30)(H,29,31). The first kappa shape index (κ1) is 24.2. The van der Waals surface area contributed by atoms with Crippen LogP contribution in [-0.2, 0) is 16.0 Å². The molecule has 4 nitrogen and oxygen atoms in total. The van der Waals surface area contributed by atoms with Crippen LogP contribution in [0.1, 0.15) is 24.5 Å². The second kappa shape index (κ2) is 11.4. The molecule has 0 fully saturated rings. The van der Waals surface area contributed by atoms with Crippen molar-refractivity contribution in [2.45, 2.75) is 36.8 Å². The van der Waals surface area contributed by atoms with Crippen molar-refractivity contribution >= 4 is 58.2 Å². The van der Waals surface area contributed by atoms with Gasteiger partial charge in [0.05, 0.1) is 11.7 Å². The van der Waals surface area contributed by atoms with Gasteiger partial charge in [0.2, 0.25) is 11.8 Å². The predicted molar refractivity (Wildman–Crippen MR) is 135 cm³/mol. The van der Waals surface area contributed by atoms with Gasteiger partial charge in [-0.2, -0.15) is 0 Å². The molecule has 3 aromatic rings. The molecule has 2 amide bonds. The number of anilines is 2. The van der Waals surface area contributed by atoms with Gasteiger partial charge in [-0.3, -0.25) is 9.59 Å². The van der Waals surface area contributed by atoms with Gasteiger partial charge in [0.15, 0.2) is 0 Å². The van der Waals surface area contributed by atoms with Gasteiger partial charge in [0.25, 0.3) is 0 Å². The van der Waals surface area contributed by atoms with Crippen LogP contribution >= 0.6 is 35.0 Å². The highest BCUT2D eigenvalue weighted by Gasteiger charge is 2.19. The molecule has 166 valence electrons. The van der Waals surface area contributed by atoms with Crippen LogP contribution in [-0.4, -0.2) is 17.1 Å². The first-order valence-corrected chi connectivity index (χ1v) is 11.9. The number of aryl methyl sites for hydroxylation is 1. The number of nitrogens with one attached hydrogen (secondary N) is 2. The number of carbonyl (C=O) groups is 2. The van der Waals surface area contributed by atoms with Crippen LogP contribution in [0, 0.1) is 6.92 Å². The van der Waals surface area contributed by atoms with E-state index in [1.807, 2.05) is 56.3 Å². The Morgan fingerprint density at radius 1 is 0.938 bits per heavy atom. The van der Waals surface area contributed by atoms with Crippen LogP contribution in [0.5, 0.6) is 0 Å². The Bertz CT molecular complexity index is 1100. The number of thioether (sulfide) groups is 1. The van der Waals surface area contributed by atoms with E-state index in [9.17, 15) is 9.59 Å². The molecule has 0 aliphatic carbocycles. The van der Waals surface area contributed by atoms with Crippen LogP contribution in [0.15, 0.2) is 71.6 Å². The van der Waals surface area contributed by atoms with Crippen molar-refractivity contribution in [3.8, 4) is 0 Å². The third-order valence-electron chi connectivity index (χ3n) is 4.79. The Hall–Kier alpha value is -2.47. The summed E-state index contributed by atoms with van der Waals surface area (Å²) in [5, 5.41) is 6.83. The summed E-state index contributed by atoms with van der Waals surface area (Å²) in [6, 6.07) is 20.1. The van der Waals surface area contributed by atoms with E-state index in [0.29, 0.717) is 27.8 Å². The molecular formula is C25H24Cl2N2O2S. The first-order valence-electron chi connectivity index (χ1n) is 10.2. The molecule has 2 N–H and O–H groups in total. The maximum atomic E-state index is 12.8. The van der Waals surface area contributed by atoms with Crippen LogP contribution < -0.4 is 10.6 Å². The van der Waals surface area contributed by atoms with Crippen molar-refractivity contribution in [2.24, 2.45) is 0 Å². The molecule has 0 bridgehead atoms. The average Bonchev–Trinajstić information content (AvgIpc) is 2.76. The van der Waals surface area contributed by atoms with Gasteiger partial charge >= 0.3 is 0 Å². The summed E-state index contributed by atoms with van der Waals surface area (Å²) in [5.74, 6) is -0.198. The van der Waals surface area contributed by atoms with E-state index < -0.39 is 0 Å². The first-order chi connectivity index (χ1) is 15.3. The number of carbonyl (C=O) groups excluding carboxylic acids is 2. The molecule has 7 heteroatoms. The lowest BCUT2D eigenvalue weighted by Crippen LogP contribution is -2.25. The van der Waals surface area contributed by atoms with Gasteiger partial charge in [0, 0.05) is 26.3 Å². The minimum absolute atomic E-state index is 0.0833. The van der Waals surface area contributed by atoms with E-state index in [2.05, 4.69) is 10.6 Å². The van der Waals surface area contributed by atoms with Crippen LogP contribution in [0.25, 0.3) is 0 Å². The highest BCUT2D eigenvalue weighted by atomic mass is 35.5. The fourth-order valence-corrected chi connectivity index (χ4v) is 4.38. The van der Waals surface area contributed by atoms with E-state index in [-0.39, 0.29) is 23.5 Å². The zero-order valence-corrected chi connectivity index (χ0v) is 20.2. The Morgan fingerprint density at radius 3 is 2.38 bits per heavy atom. The van der Waals surface area contributed by atoms with Crippen molar-refractivity contribution in [3.05, 3.63) is 87.9 Å². The summed E-state index contributed by atoms with van der Waals surface area (Å²) in [5.41, 5.74) is 3.24. The zero-order valence-electron chi connectivity index (χ0n) is 17.8. The van der Waals surface area contributed by atoms with E-state index in [0.717, 1.165) is 16.0 Å². The van der Waals surface area contributed by atoms with E-state index in [1.54, 1.807) is 24.3 Å². The molecule has 1 atom stereocenters. The largest absolute Gasteiger partial charge is 0.326 e. The summed E-state index contributed by atoms with van der Waals surface area (Å²) >= 11 is 13.4. The second-order valence-corrected chi connectivity index (χ2v) is 9.49. The van der Waals surface area contributed by atoms with Gasteiger partial charge in [-0.1, -0.05) is 54.4 Å². The quantitative estimate of drug-likeness (QED) is 0.337. The Morgan fingerprint density at radius 2 is 1.66 bits per heavy atom. The number of rotatable bonds is 8. The average molecular weight is 487 g/mol. The Balaban J connectivity index is 1.62. The maximum Gasteiger partial charge on any atom is 0.237 e. The molecule has 3 rings (SSSR count). The fraction of sp³-hybridized carbons (Fsp3) is 0.200. The van der Waals surface area contributed by atoms with E-state index >= 15 is 0 Å². The minimum atomic E-state index is -0.284. The molecule has 3 aromatic carbocycles. The van der Waals surface area contributed by atoms with Crippen molar-refractivity contribution in [1.29, 1.82) is 0 Å². The molecule has 0 aliphatic heterocycles. The summed E-state index contributed by atoms with van der Waals surface area (Å²) in [6.07, 6.45) is 0.913. The summed E-state index contributed by atoms with van der Waals surface area (Å²) in [4.78, 5) is 26.2. The van der Waals surface area contributed by atoms with E-state index in [1.165, 1.54) is 11.8 Å². The number of halogens is 2. The molecule has 0 saturated carbocycles.